The molecule has 0 bridgehead atoms. The van der Waals surface area contributed by atoms with Gasteiger partial charge in [-0.05, 0) is 12.1 Å². The second kappa shape index (κ2) is 4.42. The average molecular weight is 283 g/mol. The molecule has 104 valence electrons. The minimum Gasteiger partial charge on any atom is -0.382 e. The van der Waals surface area contributed by atoms with Gasteiger partial charge in [0.15, 0.2) is 0 Å². The van der Waals surface area contributed by atoms with Gasteiger partial charge in [-0.15, -0.1) is 0 Å². The van der Waals surface area contributed by atoms with E-state index in [2.05, 4.69) is 15.1 Å². The highest BCUT2D eigenvalue weighted by Gasteiger charge is 2.18. The SMILES string of the molecule is Cn1ncc2cc(F)c(-c3nc(N)nc(N)c3C#N)cc21. The number of hydrogen-bond acceptors (Lipinski definition) is 6. The molecule has 7 nitrogen and oxygen atoms in total. The van der Waals surface area contributed by atoms with E-state index in [-0.39, 0.29) is 28.6 Å². The molecule has 8 heteroatoms. The highest BCUT2D eigenvalue weighted by Crippen LogP contribution is 2.30. The van der Waals surface area contributed by atoms with Crippen LogP contribution < -0.4 is 11.5 Å². The van der Waals surface area contributed by atoms with Gasteiger partial charge in [0.05, 0.1) is 17.4 Å². The maximum absolute atomic E-state index is 14.3. The third kappa shape index (κ3) is 1.92. The van der Waals surface area contributed by atoms with Crippen molar-refractivity contribution in [2.24, 2.45) is 7.05 Å². The fourth-order valence-electron chi connectivity index (χ4n) is 2.15. The summed E-state index contributed by atoms with van der Waals surface area (Å²) >= 11 is 0. The molecular weight excluding hydrogens is 273 g/mol. The summed E-state index contributed by atoms with van der Waals surface area (Å²) in [5.41, 5.74) is 12.1. The molecule has 0 amide bonds. The number of aromatic nitrogens is 4. The minimum absolute atomic E-state index is 0.00961. The summed E-state index contributed by atoms with van der Waals surface area (Å²) in [6.45, 7) is 0. The van der Waals surface area contributed by atoms with Gasteiger partial charge in [-0.25, -0.2) is 9.37 Å². The Labute approximate surface area is 118 Å². The van der Waals surface area contributed by atoms with Crippen molar-refractivity contribution in [3.8, 4) is 17.3 Å². The van der Waals surface area contributed by atoms with E-state index in [1.165, 1.54) is 6.07 Å². The third-order valence-corrected chi connectivity index (χ3v) is 3.16. The van der Waals surface area contributed by atoms with Gasteiger partial charge in [0.2, 0.25) is 5.95 Å². The van der Waals surface area contributed by atoms with E-state index in [4.69, 9.17) is 11.5 Å². The maximum atomic E-state index is 14.3. The van der Waals surface area contributed by atoms with E-state index < -0.39 is 5.82 Å². The molecule has 0 saturated heterocycles. The Balaban J connectivity index is 2.37. The molecular formula is C13H10FN7. The Morgan fingerprint density at radius 2 is 2.05 bits per heavy atom. The number of halogens is 1. The average Bonchev–Trinajstić information content (AvgIpc) is 2.78. The van der Waals surface area contributed by atoms with Gasteiger partial charge in [-0.2, -0.15) is 15.3 Å². The number of nitrogens with two attached hydrogens (primary N) is 2. The first kappa shape index (κ1) is 12.8. The van der Waals surface area contributed by atoms with Gasteiger partial charge in [0.25, 0.3) is 0 Å². The first-order valence-corrected chi connectivity index (χ1v) is 5.96. The minimum atomic E-state index is -0.537. The Hall–Kier alpha value is -3.21. The largest absolute Gasteiger partial charge is 0.382 e. The number of nitriles is 1. The number of nitrogens with zero attached hydrogens (tertiary/aromatic N) is 5. The smallest absolute Gasteiger partial charge is 0.222 e. The van der Waals surface area contributed by atoms with Gasteiger partial charge in [0.1, 0.15) is 23.3 Å². The second-order valence-electron chi connectivity index (χ2n) is 4.46. The van der Waals surface area contributed by atoms with Crippen LogP contribution in [0, 0.1) is 17.1 Å². The first-order chi connectivity index (χ1) is 10.0. The van der Waals surface area contributed by atoms with Gasteiger partial charge in [0, 0.05) is 18.0 Å². The van der Waals surface area contributed by atoms with Crippen molar-refractivity contribution in [1.82, 2.24) is 19.7 Å². The summed E-state index contributed by atoms with van der Waals surface area (Å²) in [7, 11) is 1.73. The normalized spacial score (nSPS) is 10.7. The lowest BCUT2D eigenvalue weighted by molar-refractivity contribution is 0.632. The van der Waals surface area contributed by atoms with Crippen molar-refractivity contribution in [2.75, 3.05) is 11.5 Å². The van der Waals surface area contributed by atoms with Gasteiger partial charge in [-0.3, -0.25) is 4.68 Å². The molecule has 3 aromatic rings. The lowest BCUT2D eigenvalue weighted by Crippen LogP contribution is -2.05. The van der Waals surface area contributed by atoms with Crippen molar-refractivity contribution in [3.63, 3.8) is 0 Å². The summed E-state index contributed by atoms with van der Waals surface area (Å²) < 4.78 is 15.9. The van der Waals surface area contributed by atoms with Crippen LogP contribution in [-0.4, -0.2) is 19.7 Å². The van der Waals surface area contributed by atoms with Crippen molar-refractivity contribution in [1.29, 1.82) is 5.26 Å². The highest BCUT2D eigenvalue weighted by molar-refractivity contribution is 5.86. The Morgan fingerprint density at radius 1 is 1.29 bits per heavy atom. The summed E-state index contributed by atoms with van der Waals surface area (Å²) in [6.07, 6.45) is 1.55. The van der Waals surface area contributed by atoms with E-state index in [1.54, 1.807) is 24.0 Å². The standard InChI is InChI=1S/C13H10FN7/c1-21-10-3-7(9(14)2-6(10)5-18-21)11-8(4-15)12(16)20-13(17)19-11/h2-3,5H,1H3,(H4,16,17,19,20). The molecule has 0 fully saturated rings. The molecule has 0 atom stereocenters. The topological polar surface area (TPSA) is 119 Å². The summed E-state index contributed by atoms with van der Waals surface area (Å²) in [4.78, 5) is 7.66. The van der Waals surface area contributed by atoms with Crippen LogP contribution in [0.25, 0.3) is 22.2 Å². The number of nitrogen functional groups attached to an aromatic ring is 2. The molecule has 3 rings (SSSR count). The van der Waals surface area contributed by atoms with Crippen LogP contribution in [0.3, 0.4) is 0 Å². The van der Waals surface area contributed by atoms with Gasteiger partial charge < -0.3 is 11.5 Å². The fourth-order valence-corrected chi connectivity index (χ4v) is 2.15. The molecule has 21 heavy (non-hydrogen) atoms. The third-order valence-electron chi connectivity index (χ3n) is 3.16. The molecule has 0 saturated carbocycles. The molecule has 0 aliphatic carbocycles. The van der Waals surface area contributed by atoms with Crippen LogP contribution >= 0.6 is 0 Å². The predicted molar refractivity (Wildman–Crippen MR) is 75.2 cm³/mol. The van der Waals surface area contributed by atoms with Crippen LogP contribution in [-0.2, 0) is 7.05 Å². The van der Waals surface area contributed by atoms with E-state index in [0.29, 0.717) is 10.9 Å². The molecule has 0 radical (unpaired) electrons. The monoisotopic (exact) mass is 283 g/mol. The maximum Gasteiger partial charge on any atom is 0.222 e. The summed E-state index contributed by atoms with van der Waals surface area (Å²) in [6, 6.07) is 4.76. The fraction of sp³-hybridized carbons (Fsp3) is 0.0769. The molecule has 4 N–H and O–H groups in total. The van der Waals surface area contributed by atoms with E-state index in [9.17, 15) is 9.65 Å². The zero-order valence-electron chi connectivity index (χ0n) is 11.0. The molecule has 1 aromatic carbocycles. The van der Waals surface area contributed by atoms with Crippen LogP contribution in [0.5, 0.6) is 0 Å². The van der Waals surface area contributed by atoms with Crippen LogP contribution in [0.1, 0.15) is 5.56 Å². The van der Waals surface area contributed by atoms with E-state index in [0.717, 1.165) is 0 Å². The zero-order chi connectivity index (χ0) is 15.1. The van der Waals surface area contributed by atoms with E-state index in [1.807, 2.05) is 6.07 Å². The van der Waals surface area contributed by atoms with E-state index >= 15 is 0 Å². The predicted octanol–water partition coefficient (Wildman–Crippen LogP) is 1.21. The molecule has 2 heterocycles. The lowest BCUT2D eigenvalue weighted by Gasteiger charge is -2.08. The number of hydrogen-bond donors (Lipinski definition) is 2. The molecule has 2 aromatic heterocycles. The number of benzene rings is 1. The number of anilines is 2. The summed E-state index contributed by atoms with van der Waals surface area (Å²) in [5, 5.41) is 13.9. The number of fused-ring (bicyclic) bond motifs is 1. The van der Waals surface area contributed by atoms with Gasteiger partial charge in [-0.1, -0.05) is 0 Å². The molecule has 0 unspecified atom stereocenters. The van der Waals surface area contributed by atoms with Crippen molar-refractivity contribution in [2.45, 2.75) is 0 Å². The number of aryl methyl sites for hydroxylation is 1. The van der Waals surface area contributed by atoms with Gasteiger partial charge >= 0.3 is 0 Å². The number of rotatable bonds is 1. The highest BCUT2D eigenvalue weighted by atomic mass is 19.1. The molecule has 0 aliphatic heterocycles. The second-order valence-corrected chi connectivity index (χ2v) is 4.46. The van der Waals surface area contributed by atoms with Crippen molar-refractivity contribution >= 4 is 22.7 Å². The first-order valence-electron chi connectivity index (χ1n) is 5.96. The Kier molecular flexibility index (Phi) is 2.69. The van der Waals surface area contributed by atoms with Crippen molar-refractivity contribution in [3.05, 3.63) is 29.7 Å². The van der Waals surface area contributed by atoms with Crippen LogP contribution in [0.2, 0.25) is 0 Å². The Bertz CT molecular complexity index is 907. The lowest BCUT2D eigenvalue weighted by atomic mass is 10.0. The quantitative estimate of drug-likeness (QED) is 0.692. The zero-order valence-corrected chi connectivity index (χ0v) is 11.0. The van der Waals surface area contributed by atoms with Crippen LogP contribution in [0.4, 0.5) is 16.2 Å². The van der Waals surface area contributed by atoms with Crippen LogP contribution in [0.15, 0.2) is 18.3 Å². The molecule has 0 spiro atoms. The summed E-state index contributed by atoms with van der Waals surface area (Å²) in [5.74, 6) is -0.736. The molecule has 0 aliphatic rings. The van der Waals surface area contributed by atoms with Crippen molar-refractivity contribution < 1.29 is 4.39 Å². The Morgan fingerprint density at radius 3 is 2.76 bits per heavy atom.